The van der Waals surface area contributed by atoms with Gasteiger partial charge in [0, 0.05) is 12.8 Å². The number of carbonyl (C=O) groups is 1. The standard InChI is InChI=1S/C22H21NO/c1-15(24)23-22-13-12-19(20-8-4-5-9-21(20)22)18-11-10-16-6-2-3-7-17(16)14-18/h2-11,14,19,22H,12-13H2,1H3,(H,23,24)/t19-,22-/m1/s1. The molecule has 120 valence electrons. The van der Waals surface area contributed by atoms with Gasteiger partial charge in [-0.1, -0.05) is 66.7 Å². The Morgan fingerprint density at radius 1 is 0.875 bits per heavy atom. The number of hydrogen-bond acceptors (Lipinski definition) is 1. The average Bonchev–Trinajstić information content (AvgIpc) is 2.61. The molecule has 0 spiro atoms. The predicted molar refractivity (Wildman–Crippen MR) is 98.0 cm³/mol. The van der Waals surface area contributed by atoms with Gasteiger partial charge in [0.05, 0.1) is 6.04 Å². The van der Waals surface area contributed by atoms with Crippen LogP contribution in [0, 0.1) is 0 Å². The SMILES string of the molecule is CC(=O)N[C@@H]1CC[C@H](c2ccc3ccccc3c2)c2ccccc21. The van der Waals surface area contributed by atoms with Gasteiger partial charge in [0.25, 0.3) is 0 Å². The first kappa shape index (κ1) is 14.9. The van der Waals surface area contributed by atoms with Gasteiger partial charge in [0.15, 0.2) is 0 Å². The zero-order valence-corrected chi connectivity index (χ0v) is 13.8. The molecule has 0 aliphatic heterocycles. The lowest BCUT2D eigenvalue weighted by atomic mass is 9.76. The normalized spacial score (nSPS) is 19.7. The fourth-order valence-electron chi connectivity index (χ4n) is 3.96. The highest BCUT2D eigenvalue weighted by molar-refractivity contribution is 5.83. The zero-order chi connectivity index (χ0) is 16.5. The molecule has 0 fully saturated rings. The van der Waals surface area contributed by atoms with Gasteiger partial charge < -0.3 is 5.32 Å². The van der Waals surface area contributed by atoms with Crippen molar-refractivity contribution >= 4 is 16.7 Å². The van der Waals surface area contributed by atoms with Crippen molar-refractivity contribution < 1.29 is 4.79 Å². The van der Waals surface area contributed by atoms with Crippen LogP contribution in [0.3, 0.4) is 0 Å². The summed E-state index contributed by atoms with van der Waals surface area (Å²) < 4.78 is 0. The molecular weight excluding hydrogens is 294 g/mol. The van der Waals surface area contributed by atoms with Crippen LogP contribution in [0.25, 0.3) is 10.8 Å². The number of hydrogen-bond donors (Lipinski definition) is 1. The number of fused-ring (bicyclic) bond motifs is 2. The molecular formula is C22H21NO. The van der Waals surface area contributed by atoms with E-state index >= 15 is 0 Å². The number of nitrogens with one attached hydrogen (secondary N) is 1. The number of carbonyl (C=O) groups excluding carboxylic acids is 1. The van der Waals surface area contributed by atoms with Crippen molar-refractivity contribution in [2.45, 2.75) is 31.7 Å². The van der Waals surface area contributed by atoms with Gasteiger partial charge in [-0.15, -0.1) is 0 Å². The van der Waals surface area contributed by atoms with Crippen LogP contribution in [0.4, 0.5) is 0 Å². The predicted octanol–water partition coefficient (Wildman–Crippen LogP) is 4.94. The van der Waals surface area contributed by atoms with Gasteiger partial charge in [-0.05, 0) is 40.3 Å². The van der Waals surface area contributed by atoms with Crippen LogP contribution >= 0.6 is 0 Å². The Balaban J connectivity index is 1.76. The van der Waals surface area contributed by atoms with Crippen LogP contribution in [0.15, 0.2) is 66.7 Å². The van der Waals surface area contributed by atoms with Crippen molar-refractivity contribution in [3.05, 3.63) is 83.4 Å². The molecule has 0 saturated carbocycles. The first-order chi connectivity index (χ1) is 11.7. The van der Waals surface area contributed by atoms with Crippen LogP contribution < -0.4 is 5.32 Å². The Morgan fingerprint density at radius 3 is 2.38 bits per heavy atom. The third-order valence-corrected chi connectivity index (χ3v) is 5.04. The van der Waals surface area contributed by atoms with Crippen LogP contribution in [0.5, 0.6) is 0 Å². The maximum atomic E-state index is 11.5. The van der Waals surface area contributed by atoms with E-state index in [1.807, 2.05) is 0 Å². The highest BCUT2D eigenvalue weighted by Gasteiger charge is 2.28. The van der Waals surface area contributed by atoms with E-state index in [-0.39, 0.29) is 11.9 Å². The van der Waals surface area contributed by atoms with Crippen molar-refractivity contribution in [1.82, 2.24) is 5.32 Å². The summed E-state index contributed by atoms with van der Waals surface area (Å²) in [5, 5.41) is 5.67. The average molecular weight is 315 g/mol. The van der Waals surface area contributed by atoms with Crippen molar-refractivity contribution in [1.29, 1.82) is 0 Å². The van der Waals surface area contributed by atoms with Gasteiger partial charge in [0.1, 0.15) is 0 Å². The molecule has 24 heavy (non-hydrogen) atoms. The van der Waals surface area contributed by atoms with E-state index in [0.29, 0.717) is 5.92 Å². The largest absolute Gasteiger partial charge is 0.350 e. The molecule has 1 amide bonds. The van der Waals surface area contributed by atoms with E-state index in [0.717, 1.165) is 12.8 Å². The second-order valence-corrected chi connectivity index (χ2v) is 6.62. The Hall–Kier alpha value is -2.61. The number of benzene rings is 3. The smallest absolute Gasteiger partial charge is 0.217 e. The molecule has 2 heteroatoms. The molecule has 4 rings (SSSR count). The van der Waals surface area contributed by atoms with E-state index in [9.17, 15) is 4.79 Å². The summed E-state index contributed by atoms with van der Waals surface area (Å²) in [5.41, 5.74) is 3.97. The summed E-state index contributed by atoms with van der Waals surface area (Å²) in [5.74, 6) is 0.440. The lowest BCUT2D eigenvalue weighted by Gasteiger charge is -2.32. The topological polar surface area (TPSA) is 29.1 Å². The Labute approximate surface area is 142 Å². The highest BCUT2D eigenvalue weighted by Crippen LogP contribution is 2.41. The van der Waals surface area contributed by atoms with E-state index < -0.39 is 0 Å². The Bertz CT molecular complexity index is 899. The molecule has 1 aliphatic carbocycles. The first-order valence-electron chi connectivity index (χ1n) is 8.57. The zero-order valence-electron chi connectivity index (χ0n) is 13.8. The monoisotopic (exact) mass is 315 g/mol. The van der Waals surface area contributed by atoms with Crippen LogP contribution in [-0.4, -0.2) is 5.91 Å². The van der Waals surface area contributed by atoms with Crippen LogP contribution in [-0.2, 0) is 4.79 Å². The number of rotatable bonds is 2. The van der Waals surface area contributed by atoms with Gasteiger partial charge in [-0.25, -0.2) is 0 Å². The molecule has 3 aromatic carbocycles. The van der Waals surface area contributed by atoms with Crippen molar-refractivity contribution in [3.63, 3.8) is 0 Å². The molecule has 0 radical (unpaired) electrons. The van der Waals surface area contributed by atoms with E-state index in [1.165, 1.54) is 27.5 Å². The van der Waals surface area contributed by atoms with Crippen LogP contribution in [0.1, 0.15) is 48.4 Å². The Kier molecular flexibility index (Phi) is 3.81. The summed E-state index contributed by atoms with van der Waals surface area (Å²) in [6.45, 7) is 1.60. The minimum atomic E-state index is 0.0407. The third kappa shape index (κ3) is 2.69. The summed E-state index contributed by atoms with van der Waals surface area (Å²) in [6, 6.07) is 23.9. The minimum Gasteiger partial charge on any atom is -0.350 e. The Morgan fingerprint density at radius 2 is 1.58 bits per heavy atom. The molecule has 0 saturated heterocycles. The quantitative estimate of drug-likeness (QED) is 0.713. The molecule has 2 nitrogen and oxygen atoms in total. The summed E-state index contributed by atoms with van der Waals surface area (Å²) in [6.07, 6.45) is 2.04. The van der Waals surface area contributed by atoms with Gasteiger partial charge in [-0.3, -0.25) is 4.79 Å². The summed E-state index contributed by atoms with van der Waals surface area (Å²) >= 11 is 0. The van der Waals surface area contributed by atoms with Gasteiger partial charge in [0.2, 0.25) is 5.91 Å². The fourth-order valence-corrected chi connectivity index (χ4v) is 3.96. The minimum absolute atomic E-state index is 0.0407. The van der Waals surface area contributed by atoms with E-state index in [1.54, 1.807) is 6.92 Å². The highest BCUT2D eigenvalue weighted by atomic mass is 16.1. The van der Waals surface area contributed by atoms with Crippen LogP contribution in [0.2, 0.25) is 0 Å². The molecule has 0 bridgehead atoms. The molecule has 1 aliphatic rings. The number of amides is 1. The maximum Gasteiger partial charge on any atom is 0.217 e. The summed E-state index contributed by atoms with van der Waals surface area (Å²) in [4.78, 5) is 11.5. The first-order valence-corrected chi connectivity index (χ1v) is 8.57. The fraction of sp³-hybridized carbons (Fsp3) is 0.227. The molecule has 2 atom stereocenters. The second-order valence-electron chi connectivity index (χ2n) is 6.62. The molecule has 3 aromatic rings. The maximum absolute atomic E-state index is 11.5. The van der Waals surface area contributed by atoms with Gasteiger partial charge in [-0.2, -0.15) is 0 Å². The van der Waals surface area contributed by atoms with E-state index in [2.05, 4.69) is 72.0 Å². The van der Waals surface area contributed by atoms with Crippen molar-refractivity contribution in [3.8, 4) is 0 Å². The summed E-state index contributed by atoms with van der Waals surface area (Å²) in [7, 11) is 0. The van der Waals surface area contributed by atoms with Gasteiger partial charge >= 0.3 is 0 Å². The lowest BCUT2D eigenvalue weighted by Crippen LogP contribution is -2.30. The lowest BCUT2D eigenvalue weighted by molar-refractivity contribution is -0.119. The molecule has 0 unspecified atom stereocenters. The molecule has 0 heterocycles. The second kappa shape index (κ2) is 6.12. The molecule has 1 N–H and O–H groups in total. The van der Waals surface area contributed by atoms with E-state index in [4.69, 9.17) is 0 Å². The van der Waals surface area contributed by atoms with Crippen molar-refractivity contribution in [2.75, 3.05) is 0 Å². The third-order valence-electron chi connectivity index (χ3n) is 5.04. The molecule has 0 aromatic heterocycles. The van der Waals surface area contributed by atoms with Crippen molar-refractivity contribution in [2.24, 2.45) is 0 Å².